The molecule has 9 nitrogen and oxygen atoms in total. The van der Waals surface area contributed by atoms with E-state index in [0.717, 1.165) is 6.42 Å². The summed E-state index contributed by atoms with van der Waals surface area (Å²) in [7, 11) is 1.67. The van der Waals surface area contributed by atoms with Crippen molar-refractivity contribution in [3.8, 4) is 6.01 Å². The van der Waals surface area contributed by atoms with Crippen LogP contribution in [0.5, 0.6) is 6.01 Å². The summed E-state index contributed by atoms with van der Waals surface area (Å²) in [5, 5.41) is 3.12. The number of nitrogens with zero attached hydrogens (tertiary/aromatic N) is 3. The van der Waals surface area contributed by atoms with E-state index < -0.39 is 0 Å². The summed E-state index contributed by atoms with van der Waals surface area (Å²) >= 11 is 0. The van der Waals surface area contributed by atoms with Gasteiger partial charge < -0.3 is 19.5 Å². The quantitative estimate of drug-likeness (QED) is 0.478. The Bertz CT molecular complexity index is 464. The molecule has 21 heavy (non-hydrogen) atoms. The molecule has 1 atom stereocenters. The first-order valence-electron chi connectivity index (χ1n) is 6.83. The molecule has 2 heterocycles. The second-order valence-electron chi connectivity index (χ2n) is 5.12. The van der Waals surface area contributed by atoms with Gasteiger partial charge in [0.05, 0.1) is 12.7 Å². The molecule has 1 fully saturated rings. The number of hydrogen-bond acceptors (Lipinski definition) is 9. The van der Waals surface area contributed by atoms with Crippen molar-refractivity contribution in [2.45, 2.75) is 32.0 Å². The van der Waals surface area contributed by atoms with Crippen molar-refractivity contribution in [3.05, 3.63) is 0 Å². The maximum absolute atomic E-state index is 5.54. The average Bonchev–Trinajstić information content (AvgIpc) is 2.93. The Hall–Kier alpha value is -1.71. The largest absolute Gasteiger partial charge is 0.461 e. The Kier molecular flexibility index (Phi) is 5.10. The van der Waals surface area contributed by atoms with Crippen LogP contribution in [0.15, 0.2) is 0 Å². The molecule has 1 aliphatic rings. The van der Waals surface area contributed by atoms with Gasteiger partial charge in [0.2, 0.25) is 11.9 Å². The fourth-order valence-electron chi connectivity index (χ4n) is 1.96. The van der Waals surface area contributed by atoms with Gasteiger partial charge in [0.25, 0.3) is 0 Å². The maximum Gasteiger partial charge on any atom is 0.323 e. The molecule has 0 saturated carbocycles. The van der Waals surface area contributed by atoms with Gasteiger partial charge in [-0.15, -0.1) is 0 Å². The molecular weight excluding hydrogens is 276 g/mol. The minimum atomic E-state index is -0.359. The van der Waals surface area contributed by atoms with Gasteiger partial charge in [-0.25, -0.2) is 5.84 Å². The first kappa shape index (κ1) is 15.7. The van der Waals surface area contributed by atoms with E-state index >= 15 is 0 Å². The summed E-state index contributed by atoms with van der Waals surface area (Å²) in [4.78, 5) is 12.4. The average molecular weight is 298 g/mol. The number of nitrogens with two attached hydrogens (primary N) is 1. The molecule has 0 spiro atoms. The molecule has 1 aliphatic heterocycles. The zero-order valence-corrected chi connectivity index (χ0v) is 12.5. The highest BCUT2D eigenvalue weighted by molar-refractivity contribution is 5.35. The monoisotopic (exact) mass is 298 g/mol. The van der Waals surface area contributed by atoms with E-state index in [1.807, 2.05) is 13.8 Å². The summed E-state index contributed by atoms with van der Waals surface area (Å²) in [5.74, 6) is 5.96. The summed E-state index contributed by atoms with van der Waals surface area (Å²) < 4.78 is 16.4. The van der Waals surface area contributed by atoms with Gasteiger partial charge >= 0.3 is 6.01 Å². The van der Waals surface area contributed by atoms with Crippen LogP contribution in [-0.2, 0) is 9.47 Å². The fourth-order valence-corrected chi connectivity index (χ4v) is 1.96. The second-order valence-corrected chi connectivity index (χ2v) is 5.12. The van der Waals surface area contributed by atoms with Gasteiger partial charge in [-0.1, -0.05) is 0 Å². The van der Waals surface area contributed by atoms with E-state index in [1.165, 1.54) is 0 Å². The van der Waals surface area contributed by atoms with Gasteiger partial charge in [0, 0.05) is 26.7 Å². The zero-order valence-electron chi connectivity index (χ0n) is 12.5. The molecule has 2 rings (SSSR count). The molecular formula is C12H22N6O3. The lowest BCUT2D eigenvalue weighted by Gasteiger charge is -2.25. The van der Waals surface area contributed by atoms with Crippen LogP contribution in [0.3, 0.4) is 0 Å². The highest BCUT2D eigenvalue weighted by Crippen LogP contribution is 2.23. The van der Waals surface area contributed by atoms with Gasteiger partial charge in [0.1, 0.15) is 5.60 Å². The third-order valence-electron chi connectivity index (χ3n) is 3.15. The van der Waals surface area contributed by atoms with Crippen LogP contribution in [0.25, 0.3) is 0 Å². The topological polar surface area (TPSA) is 116 Å². The number of rotatable bonds is 7. The highest BCUT2D eigenvalue weighted by Gasteiger charge is 2.35. The Morgan fingerprint density at radius 2 is 2.10 bits per heavy atom. The molecule has 0 radical (unpaired) electrons. The number of ether oxygens (including phenoxy) is 3. The normalized spacial score (nSPS) is 21.6. The van der Waals surface area contributed by atoms with Crippen molar-refractivity contribution in [3.63, 3.8) is 0 Å². The fraction of sp³-hybridized carbons (Fsp3) is 0.750. The lowest BCUT2D eigenvalue weighted by molar-refractivity contribution is -0.00632. The van der Waals surface area contributed by atoms with Crippen molar-refractivity contribution in [1.82, 2.24) is 15.0 Å². The van der Waals surface area contributed by atoms with Gasteiger partial charge in [-0.3, -0.25) is 5.43 Å². The first-order chi connectivity index (χ1) is 10.1. The van der Waals surface area contributed by atoms with E-state index in [1.54, 1.807) is 7.11 Å². The predicted octanol–water partition coefficient (Wildman–Crippen LogP) is 0.162. The van der Waals surface area contributed by atoms with Crippen molar-refractivity contribution in [2.75, 3.05) is 37.6 Å². The van der Waals surface area contributed by atoms with Crippen molar-refractivity contribution >= 4 is 11.9 Å². The van der Waals surface area contributed by atoms with Crippen molar-refractivity contribution in [1.29, 1.82) is 0 Å². The Morgan fingerprint density at radius 1 is 1.33 bits per heavy atom. The van der Waals surface area contributed by atoms with E-state index in [4.69, 9.17) is 20.1 Å². The van der Waals surface area contributed by atoms with Crippen LogP contribution < -0.4 is 21.3 Å². The van der Waals surface area contributed by atoms with Crippen LogP contribution in [0.2, 0.25) is 0 Å². The summed E-state index contributed by atoms with van der Waals surface area (Å²) in [6.45, 7) is 5.53. The van der Waals surface area contributed by atoms with Gasteiger partial charge in [-0.05, 0) is 13.8 Å². The van der Waals surface area contributed by atoms with Crippen molar-refractivity contribution in [2.24, 2.45) is 5.84 Å². The lowest BCUT2D eigenvalue weighted by atomic mass is 10.0. The molecule has 118 valence electrons. The number of methoxy groups -OCH3 is 1. The zero-order chi connectivity index (χ0) is 15.3. The first-order valence-corrected chi connectivity index (χ1v) is 6.83. The third kappa shape index (κ3) is 4.13. The molecule has 0 aromatic carbocycles. The maximum atomic E-state index is 5.54. The Morgan fingerprint density at radius 3 is 2.67 bits per heavy atom. The van der Waals surface area contributed by atoms with E-state index in [9.17, 15) is 0 Å². The predicted molar refractivity (Wildman–Crippen MR) is 77.1 cm³/mol. The number of nitrogens with one attached hydrogen (secondary N) is 2. The van der Waals surface area contributed by atoms with E-state index in [2.05, 4.69) is 25.7 Å². The second kappa shape index (κ2) is 6.83. The number of hydrogen-bond donors (Lipinski definition) is 3. The smallest absolute Gasteiger partial charge is 0.323 e. The third-order valence-corrected chi connectivity index (χ3v) is 3.15. The summed E-state index contributed by atoms with van der Waals surface area (Å²) in [6, 6.07) is 0.213. The van der Waals surface area contributed by atoms with Crippen LogP contribution in [-0.4, -0.2) is 53.5 Å². The van der Waals surface area contributed by atoms with E-state index in [0.29, 0.717) is 25.7 Å². The molecule has 4 N–H and O–H groups in total. The SMILES string of the molecule is COC1(CNc2nc(NN)nc(OC(C)C)n2)CCOC1. The van der Waals surface area contributed by atoms with Gasteiger partial charge in [0.15, 0.2) is 0 Å². The number of aromatic nitrogens is 3. The molecule has 0 amide bonds. The van der Waals surface area contributed by atoms with Gasteiger partial charge in [-0.2, -0.15) is 15.0 Å². The lowest BCUT2D eigenvalue weighted by Crippen LogP contribution is -2.40. The van der Waals surface area contributed by atoms with E-state index in [-0.39, 0.29) is 23.7 Å². The Balaban J connectivity index is 2.07. The standard InChI is InChI=1S/C12H22N6O3/c1-8(2)21-11-16-9(15-10(17-11)18-13)14-6-12(19-3)4-5-20-7-12/h8H,4-7,13H2,1-3H3,(H2,14,15,16,17,18). The number of anilines is 2. The van der Waals surface area contributed by atoms with Crippen LogP contribution in [0.1, 0.15) is 20.3 Å². The molecule has 0 aliphatic carbocycles. The summed E-state index contributed by atoms with van der Waals surface area (Å²) in [6.07, 6.45) is 0.776. The molecule has 0 bridgehead atoms. The molecule has 1 aromatic heterocycles. The summed E-state index contributed by atoms with van der Waals surface area (Å²) in [5.41, 5.74) is 2.04. The van der Waals surface area contributed by atoms with Crippen LogP contribution in [0, 0.1) is 0 Å². The Labute approximate surface area is 123 Å². The van der Waals surface area contributed by atoms with Crippen LogP contribution >= 0.6 is 0 Å². The molecule has 9 heteroatoms. The number of hydrazine groups is 1. The molecule has 1 unspecified atom stereocenters. The molecule has 1 aromatic rings. The number of nitrogen functional groups attached to an aromatic ring is 1. The van der Waals surface area contributed by atoms with Crippen molar-refractivity contribution < 1.29 is 14.2 Å². The molecule has 1 saturated heterocycles. The minimum absolute atomic E-state index is 0.0422. The van der Waals surface area contributed by atoms with Crippen LogP contribution in [0.4, 0.5) is 11.9 Å². The minimum Gasteiger partial charge on any atom is -0.461 e. The highest BCUT2D eigenvalue weighted by atomic mass is 16.5.